The van der Waals surface area contributed by atoms with Crippen molar-refractivity contribution in [3.05, 3.63) is 33.9 Å². The van der Waals surface area contributed by atoms with Crippen LogP contribution in [0.1, 0.15) is 36.5 Å². The lowest BCUT2D eigenvalue weighted by Crippen LogP contribution is -2.19. The van der Waals surface area contributed by atoms with Crippen molar-refractivity contribution in [1.29, 1.82) is 0 Å². The number of hydrogen-bond acceptors (Lipinski definition) is 4. The van der Waals surface area contributed by atoms with Gasteiger partial charge in [0.2, 0.25) is 0 Å². The molecule has 1 aliphatic carbocycles. The van der Waals surface area contributed by atoms with Crippen LogP contribution >= 0.6 is 0 Å². The number of carbonyl (C=O) groups is 1. The lowest BCUT2D eigenvalue weighted by atomic mass is 10.1. The molecule has 1 amide bonds. The number of nitrogens with zero attached hydrogens (tertiary/aromatic N) is 1. The second kappa shape index (κ2) is 5.90. The van der Waals surface area contributed by atoms with Crippen molar-refractivity contribution in [2.45, 2.75) is 32.2 Å². The van der Waals surface area contributed by atoms with E-state index < -0.39 is 4.92 Å². The third-order valence-corrected chi connectivity index (χ3v) is 3.47. The lowest BCUT2D eigenvalue weighted by Gasteiger charge is -2.15. The quantitative estimate of drug-likeness (QED) is 0.618. The molecule has 108 valence electrons. The molecule has 0 bridgehead atoms. The fraction of sp³-hybridized carbons (Fsp3) is 0.500. The minimum atomic E-state index is -0.460. The van der Waals surface area contributed by atoms with Crippen LogP contribution < -0.4 is 10.6 Å². The van der Waals surface area contributed by atoms with Gasteiger partial charge >= 0.3 is 0 Å². The second-order valence-corrected chi connectivity index (χ2v) is 5.29. The van der Waals surface area contributed by atoms with Gasteiger partial charge in [-0.1, -0.05) is 12.8 Å². The fourth-order valence-electron chi connectivity index (χ4n) is 2.27. The molecule has 0 heterocycles. The van der Waals surface area contributed by atoms with Gasteiger partial charge in [-0.3, -0.25) is 14.9 Å². The molecule has 6 nitrogen and oxygen atoms in total. The molecule has 0 radical (unpaired) electrons. The Hall–Kier alpha value is -2.11. The highest BCUT2D eigenvalue weighted by molar-refractivity contribution is 5.95. The molecular formula is C14H19N3O3. The summed E-state index contributed by atoms with van der Waals surface area (Å²) >= 11 is 0. The standard InChI is InChI=1S/C14H19N3O3/c1-9(7-10-3-4-10)16-12-6-5-11(14(18)15-2)8-13(12)17(19)20/h5-6,8-10,16H,3-4,7H2,1-2H3,(H,15,18). The molecule has 0 aromatic heterocycles. The first-order valence-electron chi connectivity index (χ1n) is 6.78. The molecule has 1 aromatic rings. The summed E-state index contributed by atoms with van der Waals surface area (Å²) in [6.07, 6.45) is 3.53. The van der Waals surface area contributed by atoms with Gasteiger partial charge in [-0.25, -0.2) is 0 Å². The van der Waals surface area contributed by atoms with Gasteiger partial charge in [-0.05, 0) is 31.4 Å². The Balaban J connectivity index is 2.18. The van der Waals surface area contributed by atoms with Gasteiger partial charge in [-0.15, -0.1) is 0 Å². The molecule has 1 unspecified atom stereocenters. The van der Waals surface area contributed by atoms with E-state index in [0.717, 1.165) is 12.3 Å². The number of nitrogens with one attached hydrogen (secondary N) is 2. The van der Waals surface area contributed by atoms with E-state index in [1.54, 1.807) is 12.1 Å². The number of nitro groups is 1. The zero-order chi connectivity index (χ0) is 14.7. The van der Waals surface area contributed by atoms with Crippen molar-refractivity contribution in [2.24, 2.45) is 5.92 Å². The van der Waals surface area contributed by atoms with E-state index in [-0.39, 0.29) is 17.6 Å². The molecule has 1 aliphatic rings. The largest absolute Gasteiger partial charge is 0.377 e. The summed E-state index contributed by atoms with van der Waals surface area (Å²) in [7, 11) is 1.50. The van der Waals surface area contributed by atoms with Gasteiger partial charge in [0.1, 0.15) is 5.69 Å². The van der Waals surface area contributed by atoms with Crippen molar-refractivity contribution < 1.29 is 9.72 Å². The zero-order valence-corrected chi connectivity index (χ0v) is 11.7. The van der Waals surface area contributed by atoms with Crippen LogP contribution in [0.4, 0.5) is 11.4 Å². The molecule has 2 N–H and O–H groups in total. The van der Waals surface area contributed by atoms with Crippen LogP contribution in [0, 0.1) is 16.0 Å². The molecule has 1 atom stereocenters. The topological polar surface area (TPSA) is 84.3 Å². The third kappa shape index (κ3) is 3.46. The van der Waals surface area contributed by atoms with Gasteiger partial charge in [0.25, 0.3) is 11.6 Å². The molecule has 20 heavy (non-hydrogen) atoms. The van der Waals surface area contributed by atoms with Gasteiger partial charge in [0.15, 0.2) is 0 Å². The van der Waals surface area contributed by atoms with Gasteiger partial charge in [0, 0.05) is 24.7 Å². The fourth-order valence-corrected chi connectivity index (χ4v) is 2.27. The van der Waals surface area contributed by atoms with Crippen molar-refractivity contribution >= 4 is 17.3 Å². The maximum absolute atomic E-state index is 11.5. The summed E-state index contributed by atoms with van der Waals surface area (Å²) in [5.74, 6) is 0.423. The van der Waals surface area contributed by atoms with Crippen LogP contribution in [0.2, 0.25) is 0 Å². The number of rotatable bonds is 6. The van der Waals surface area contributed by atoms with Crippen molar-refractivity contribution in [1.82, 2.24) is 5.32 Å². The van der Waals surface area contributed by atoms with Crippen LogP contribution in [0.3, 0.4) is 0 Å². The molecule has 1 aromatic carbocycles. The normalized spacial score (nSPS) is 15.5. The van der Waals surface area contributed by atoms with E-state index >= 15 is 0 Å². The SMILES string of the molecule is CNC(=O)c1ccc(NC(C)CC2CC2)c([N+](=O)[O-])c1. The summed E-state index contributed by atoms with van der Waals surface area (Å²) in [5, 5.41) is 16.8. The Labute approximate surface area is 117 Å². The molecule has 0 spiro atoms. The Morgan fingerprint density at radius 2 is 2.20 bits per heavy atom. The summed E-state index contributed by atoms with van der Waals surface area (Å²) in [6.45, 7) is 2.02. The van der Waals surface area contributed by atoms with Crippen LogP contribution in [0.25, 0.3) is 0 Å². The highest BCUT2D eigenvalue weighted by Crippen LogP contribution is 2.35. The van der Waals surface area contributed by atoms with E-state index in [1.807, 2.05) is 6.92 Å². The lowest BCUT2D eigenvalue weighted by molar-refractivity contribution is -0.384. The highest BCUT2D eigenvalue weighted by atomic mass is 16.6. The average Bonchev–Trinajstić information content (AvgIpc) is 3.21. The number of anilines is 1. The molecule has 6 heteroatoms. The monoisotopic (exact) mass is 277 g/mol. The molecule has 0 saturated heterocycles. The van der Waals surface area contributed by atoms with Crippen molar-refractivity contribution in [3.63, 3.8) is 0 Å². The smallest absolute Gasteiger partial charge is 0.293 e. The van der Waals surface area contributed by atoms with Crippen LogP contribution in [-0.2, 0) is 0 Å². The molecular weight excluding hydrogens is 258 g/mol. The highest BCUT2D eigenvalue weighted by Gasteiger charge is 2.25. The number of amides is 1. The Morgan fingerprint density at radius 3 is 2.75 bits per heavy atom. The Bertz CT molecular complexity index is 526. The predicted molar refractivity (Wildman–Crippen MR) is 76.9 cm³/mol. The molecule has 1 saturated carbocycles. The van der Waals surface area contributed by atoms with E-state index in [2.05, 4.69) is 10.6 Å². The van der Waals surface area contributed by atoms with E-state index in [9.17, 15) is 14.9 Å². The number of hydrogen-bond donors (Lipinski definition) is 2. The van der Waals surface area contributed by atoms with E-state index in [1.165, 1.54) is 26.0 Å². The van der Waals surface area contributed by atoms with Crippen LogP contribution in [0.15, 0.2) is 18.2 Å². The Morgan fingerprint density at radius 1 is 1.50 bits per heavy atom. The van der Waals surface area contributed by atoms with Crippen molar-refractivity contribution in [2.75, 3.05) is 12.4 Å². The molecule has 2 rings (SSSR count). The maximum atomic E-state index is 11.5. The second-order valence-electron chi connectivity index (χ2n) is 5.29. The number of carbonyl (C=O) groups excluding carboxylic acids is 1. The first-order chi connectivity index (χ1) is 9.51. The van der Waals surface area contributed by atoms with E-state index in [0.29, 0.717) is 11.3 Å². The Kier molecular flexibility index (Phi) is 4.22. The van der Waals surface area contributed by atoms with Gasteiger partial charge in [0.05, 0.1) is 4.92 Å². The average molecular weight is 277 g/mol. The van der Waals surface area contributed by atoms with Gasteiger partial charge in [-0.2, -0.15) is 0 Å². The molecule has 0 aliphatic heterocycles. The number of nitro benzene ring substituents is 1. The summed E-state index contributed by atoms with van der Waals surface area (Å²) < 4.78 is 0. The minimum Gasteiger partial charge on any atom is -0.377 e. The maximum Gasteiger partial charge on any atom is 0.293 e. The summed E-state index contributed by atoms with van der Waals surface area (Å²) in [4.78, 5) is 22.2. The van der Waals surface area contributed by atoms with Crippen LogP contribution in [-0.4, -0.2) is 23.9 Å². The summed E-state index contributed by atoms with van der Waals surface area (Å²) in [5.41, 5.74) is 0.698. The number of benzene rings is 1. The molecule has 1 fully saturated rings. The van der Waals surface area contributed by atoms with Crippen molar-refractivity contribution in [3.8, 4) is 0 Å². The van der Waals surface area contributed by atoms with Crippen LogP contribution in [0.5, 0.6) is 0 Å². The zero-order valence-electron chi connectivity index (χ0n) is 11.7. The third-order valence-electron chi connectivity index (χ3n) is 3.47. The minimum absolute atomic E-state index is 0.0613. The van der Waals surface area contributed by atoms with E-state index in [4.69, 9.17) is 0 Å². The summed E-state index contributed by atoms with van der Waals surface area (Å²) in [6, 6.07) is 4.70. The van der Waals surface area contributed by atoms with Gasteiger partial charge < -0.3 is 10.6 Å². The first kappa shape index (κ1) is 14.3. The first-order valence-corrected chi connectivity index (χ1v) is 6.78. The predicted octanol–water partition coefficient (Wildman–Crippen LogP) is 2.55.